The number of nitrogens with zero attached hydrogens (tertiary/aromatic N) is 2. The summed E-state index contributed by atoms with van der Waals surface area (Å²) < 4.78 is 0. The number of hydrogen-bond acceptors (Lipinski definition) is 4. The van der Waals surface area contributed by atoms with Crippen LogP contribution in [0, 0.1) is 6.92 Å². The van der Waals surface area contributed by atoms with Crippen LogP contribution in [0.3, 0.4) is 0 Å². The van der Waals surface area contributed by atoms with Crippen molar-refractivity contribution in [2.75, 3.05) is 18.6 Å². The van der Waals surface area contributed by atoms with Gasteiger partial charge in [-0.3, -0.25) is 0 Å². The molecule has 0 saturated heterocycles. The summed E-state index contributed by atoms with van der Waals surface area (Å²) in [6, 6.07) is 8.36. The van der Waals surface area contributed by atoms with Crippen LogP contribution in [-0.4, -0.2) is 23.3 Å². The van der Waals surface area contributed by atoms with Crippen molar-refractivity contribution in [3.63, 3.8) is 0 Å². The molecule has 0 aliphatic heterocycles. The summed E-state index contributed by atoms with van der Waals surface area (Å²) in [5.41, 5.74) is 3.29. The Bertz CT molecular complexity index is 564. The third-order valence-corrected chi connectivity index (χ3v) is 3.90. The molecular weight excluding hydrogens is 254 g/mol. The Morgan fingerprint density at radius 1 is 1.16 bits per heavy atom. The van der Waals surface area contributed by atoms with Crippen LogP contribution in [0.15, 0.2) is 29.2 Å². The van der Waals surface area contributed by atoms with Crippen LogP contribution in [0.2, 0.25) is 0 Å². The van der Waals surface area contributed by atoms with Crippen LogP contribution in [0.25, 0.3) is 11.4 Å². The molecule has 2 rings (SSSR count). The van der Waals surface area contributed by atoms with E-state index in [0.29, 0.717) is 0 Å². The summed E-state index contributed by atoms with van der Waals surface area (Å²) in [5.74, 6) is 1.71. The molecule has 2 aromatic rings. The number of anilines is 1. The first-order valence-electron chi connectivity index (χ1n) is 6.39. The fourth-order valence-electron chi connectivity index (χ4n) is 2.10. The van der Waals surface area contributed by atoms with Gasteiger partial charge in [0.25, 0.3) is 0 Å². The number of hydrogen-bond donors (Lipinski definition) is 1. The van der Waals surface area contributed by atoms with Gasteiger partial charge in [-0.25, -0.2) is 9.97 Å². The Morgan fingerprint density at radius 2 is 1.84 bits per heavy atom. The fraction of sp³-hybridized carbons (Fsp3) is 0.333. The van der Waals surface area contributed by atoms with Crippen LogP contribution in [-0.2, 0) is 6.42 Å². The molecule has 1 heterocycles. The molecule has 0 radical (unpaired) electrons. The molecule has 100 valence electrons. The summed E-state index contributed by atoms with van der Waals surface area (Å²) in [6.45, 7) is 4.17. The highest BCUT2D eigenvalue weighted by Crippen LogP contribution is 2.24. The first-order valence-corrected chi connectivity index (χ1v) is 7.61. The summed E-state index contributed by atoms with van der Waals surface area (Å²) in [4.78, 5) is 10.5. The van der Waals surface area contributed by atoms with Crippen LogP contribution >= 0.6 is 11.8 Å². The van der Waals surface area contributed by atoms with Crippen molar-refractivity contribution < 1.29 is 0 Å². The smallest absolute Gasteiger partial charge is 0.161 e. The second-order valence-corrected chi connectivity index (χ2v) is 5.17. The highest BCUT2D eigenvalue weighted by atomic mass is 32.2. The molecule has 0 saturated carbocycles. The van der Waals surface area contributed by atoms with Gasteiger partial charge in [-0.2, -0.15) is 0 Å². The molecule has 1 N–H and O–H groups in total. The lowest BCUT2D eigenvalue weighted by atomic mass is 10.1. The SMILES string of the molecule is CCc1c(C)nc(-c2ccc(SC)cc2)nc1NC. The number of aryl methyl sites for hydroxylation is 1. The standard InChI is InChI=1S/C15H19N3S/c1-5-13-10(2)17-14(18-15(13)16-3)11-6-8-12(19-4)9-7-11/h6-9H,5H2,1-4H3,(H,16,17,18). The predicted octanol–water partition coefficient (Wildman–Crippen LogP) is 3.78. The number of nitrogens with one attached hydrogen (secondary N) is 1. The quantitative estimate of drug-likeness (QED) is 0.860. The molecule has 19 heavy (non-hydrogen) atoms. The van der Waals surface area contributed by atoms with E-state index in [1.165, 1.54) is 10.5 Å². The Labute approximate surface area is 118 Å². The van der Waals surface area contributed by atoms with Gasteiger partial charge in [-0.1, -0.05) is 19.1 Å². The van der Waals surface area contributed by atoms with Crippen LogP contribution in [0.1, 0.15) is 18.2 Å². The molecule has 1 aromatic heterocycles. The minimum Gasteiger partial charge on any atom is -0.373 e. The largest absolute Gasteiger partial charge is 0.373 e. The van der Waals surface area contributed by atoms with Crippen LogP contribution < -0.4 is 5.32 Å². The second kappa shape index (κ2) is 6.06. The molecule has 1 aromatic carbocycles. The highest BCUT2D eigenvalue weighted by molar-refractivity contribution is 7.98. The first kappa shape index (κ1) is 13.9. The van der Waals surface area contributed by atoms with Gasteiger partial charge in [0, 0.05) is 28.8 Å². The molecule has 0 amide bonds. The molecule has 0 bridgehead atoms. The fourth-order valence-corrected chi connectivity index (χ4v) is 2.50. The Hall–Kier alpha value is -1.55. The van der Waals surface area contributed by atoms with Gasteiger partial charge in [0.2, 0.25) is 0 Å². The van der Waals surface area contributed by atoms with Crippen molar-refractivity contribution in [3.8, 4) is 11.4 Å². The molecular formula is C15H19N3S. The number of thioether (sulfide) groups is 1. The monoisotopic (exact) mass is 273 g/mol. The maximum atomic E-state index is 4.62. The molecule has 0 spiro atoms. The van der Waals surface area contributed by atoms with E-state index in [2.05, 4.69) is 52.7 Å². The van der Waals surface area contributed by atoms with E-state index in [1.807, 2.05) is 14.0 Å². The third kappa shape index (κ3) is 2.89. The topological polar surface area (TPSA) is 37.8 Å². The zero-order chi connectivity index (χ0) is 13.8. The van der Waals surface area contributed by atoms with Gasteiger partial charge in [-0.05, 0) is 31.7 Å². The average Bonchev–Trinajstić information content (AvgIpc) is 2.46. The summed E-state index contributed by atoms with van der Waals surface area (Å²) in [7, 11) is 1.90. The molecule has 0 aliphatic rings. The van der Waals surface area contributed by atoms with Gasteiger partial charge < -0.3 is 5.32 Å². The Kier molecular flexibility index (Phi) is 4.43. The lowest BCUT2D eigenvalue weighted by Gasteiger charge is -2.11. The zero-order valence-corrected chi connectivity index (χ0v) is 12.6. The number of aromatic nitrogens is 2. The molecule has 0 unspecified atom stereocenters. The Morgan fingerprint density at radius 3 is 2.37 bits per heavy atom. The van der Waals surface area contributed by atoms with Crippen molar-refractivity contribution in [2.45, 2.75) is 25.2 Å². The molecule has 4 heteroatoms. The maximum Gasteiger partial charge on any atom is 0.161 e. The minimum absolute atomic E-state index is 0.784. The van der Waals surface area contributed by atoms with Gasteiger partial charge in [-0.15, -0.1) is 11.8 Å². The maximum absolute atomic E-state index is 4.62. The van der Waals surface area contributed by atoms with Crippen LogP contribution in [0.4, 0.5) is 5.82 Å². The van der Waals surface area contributed by atoms with Crippen molar-refractivity contribution in [3.05, 3.63) is 35.5 Å². The van der Waals surface area contributed by atoms with E-state index in [9.17, 15) is 0 Å². The van der Waals surface area contributed by atoms with Gasteiger partial charge in [0.15, 0.2) is 5.82 Å². The van der Waals surface area contributed by atoms with Crippen molar-refractivity contribution >= 4 is 17.6 Å². The normalized spacial score (nSPS) is 10.5. The van der Waals surface area contributed by atoms with E-state index in [4.69, 9.17) is 0 Å². The van der Waals surface area contributed by atoms with Crippen molar-refractivity contribution in [2.24, 2.45) is 0 Å². The number of rotatable bonds is 4. The van der Waals surface area contributed by atoms with E-state index in [-0.39, 0.29) is 0 Å². The lowest BCUT2D eigenvalue weighted by molar-refractivity contribution is 1.00. The zero-order valence-electron chi connectivity index (χ0n) is 11.8. The van der Waals surface area contributed by atoms with E-state index in [1.54, 1.807) is 11.8 Å². The Balaban J connectivity index is 2.47. The molecule has 0 atom stereocenters. The summed E-state index contributed by atoms with van der Waals surface area (Å²) in [5, 5.41) is 3.16. The van der Waals surface area contributed by atoms with Crippen molar-refractivity contribution in [1.82, 2.24) is 9.97 Å². The van der Waals surface area contributed by atoms with E-state index in [0.717, 1.165) is 29.3 Å². The minimum atomic E-state index is 0.784. The summed E-state index contributed by atoms with van der Waals surface area (Å²) >= 11 is 1.74. The predicted molar refractivity (Wildman–Crippen MR) is 82.9 cm³/mol. The average molecular weight is 273 g/mol. The second-order valence-electron chi connectivity index (χ2n) is 4.29. The van der Waals surface area contributed by atoms with E-state index >= 15 is 0 Å². The molecule has 0 fully saturated rings. The third-order valence-electron chi connectivity index (χ3n) is 3.15. The van der Waals surface area contributed by atoms with E-state index < -0.39 is 0 Å². The number of benzene rings is 1. The van der Waals surface area contributed by atoms with Gasteiger partial charge >= 0.3 is 0 Å². The van der Waals surface area contributed by atoms with Gasteiger partial charge in [0.05, 0.1) is 0 Å². The van der Waals surface area contributed by atoms with Crippen molar-refractivity contribution in [1.29, 1.82) is 0 Å². The molecule has 3 nitrogen and oxygen atoms in total. The highest BCUT2D eigenvalue weighted by Gasteiger charge is 2.10. The lowest BCUT2D eigenvalue weighted by Crippen LogP contribution is -2.04. The first-order chi connectivity index (χ1) is 9.19. The van der Waals surface area contributed by atoms with Crippen LogP contribution in [0.5, 0.6) is 0 Å². The summed E-state index contributed by atoms with van der Waals surface area (Å²) in [6.07, 6.45) is 3.01. The molecule has 0 aliphatic carbocycles. The van der Waals surface area contributed by atoms with Gasteiger partial charge in [0.1, 0.15) is 5.82 Å².